The van der Waals surface area contributed by atoms with Crippen molar-refractivity contribution in [3.63, 3.8) is 0 Å². The number of nitrogens with zero attached hydrogens (tertiary/aromatic N) is 4. The van der Waals surface area contributed by atoms with E-state index >= 15 is 0 Å². The summed E-state index contributed by atoms with van der Waals surface area (Å²) in [6.45, 7) is 4.55. The number of carboxylic acid groups (broad SMARTS) is 2. The van der Waals surface area contributed by atoms with Gasteiger partial charge in [-0.05, 0) is 17.8 Å². The third-order valence-electron chi connectivity index (χ3n) is 4.81. The molecule has 0 bridgehead atoms. The molecule has 0 spiro atoms. The van der Waals surface area contributed by atoms with Gasteiger partial charge >= 0.3 is 12.3 Å². The van der Waals surface area contributed by atoms with Crippen molar-refractivity contribution in [2.45, 2.75) is 49.6 Å². The summed E-state index contributed by atoms with van der Waals surface area (Å²) >= 11 is 1.47. The van der Waals surface area contributed by atoms with Crippen LogP contribution in [0.4, 0.5) is 0 Å². The van der Waals surface area contributed by atoms with Crippen LogP contribution in [0.15, 0.2) is 17.6 Å². The molecule has 25 heavy (non-hydrogen) atoms. The number of rotatable bonds is 6. The topological polar surface area (TPSA) is 132 Å². The van der Waals surface area contributed by atoms with Crippen molar-refractivity contribution in [2.24, 2.45) is 16.8 Å². The number of fused-ring (bicyclic) bond motifs is 1. The van der Waals surface area contributed by atoms with Crippen molar-refractivity contribution < 1.29 is 29.6 Å². The molecule has 1 unspecified atom stereocenters. The highest BCUT2D eigenvalue weighted by atomic mass is 32.2. The van der Waals surface area contributed by atoms with Gasteiger partial charge in [0.1, 0.15) is 12.5 Å². The predicted octanol–water partition coefficient (Wildman–Crippen LogP) is -2.05. The molecule has 0 saturated heterocycles. The van der Waals surface area contributed by atoms with Crippen LogP contribution in [0.1, 0.15) is 13.8 Å². The Hall–Kier alpha value is -1.94. The fourth-order valence-corrected chi connectivity index (χ4v) is 5.16. The number of aliphatic imine (C=N–C) groups is 1. The van der Waals surface area contributed by atoms with Crippen molar-refractivity contribution in [1.29, 1.82) is 0 Å². The maximum atomic E-state index is 11.5. The van der Waals surface area contributed by atoms with E-state index in [1.54, 1.807) is 19.6 Å². The van der Waals surface area contributed by atoms with Gasteiger partial charge in [-0.2, -0.15) is 9.36 Å². The van der Waals surface area contributed by atoms with E-state index in [1.165, 1.54) is 18.7 Å². The van der Waals surface area contributed by atoms with Gasteiger partial charge in [0.05, 0.1) is 40.9 Å². The number of aliphatic hydroxyl groups excluding tert-OH is 1. The third kappa shape index (κ3) is 3.28. The number of carbonyl (C=O) groups is 2. The van der Waals surface area contributed by atoms with Crippen LogP contribution in [0, 0.1) is 11.8 Å². The van der Waals surface area contributed by atoms with Crippen LogP contribution in [-0.2, 0) is 22.7 Å². The van der Waals surface area contributed by atoms with Gasteiger partial charge in [-0.1, -0.05) is 6.92 Å². The second-order valence-corrected chi connectivity index (χ2v) is 8.01. The molecule has 2 N–H and O–H groups in total. The number of aliphatic carboxylic acids is 2. The minimum absolute atomic E-state index is 0.117. The Morgan fingerprint density at radius 3 is 2.80 bits per heavy atom. The van der Waals surface area contributed by atoms with Gasteiger partial charge in [0.2, 0.25) is 6.33 Å². The van der Waals surface area contributed by atoms with E-state index in [-0.39, 0.29) is 16.9 Å². The first-order valence-corrected chi connectivity index (χ1v) is 8.99. The molecule has 1 aromatic rings. The molecular weight excluding hydrogens is 348 g/mol. The SMILES string of the molecule is C[C@@H](O)[C@@H](C(=O)O)[C@@H]1N=C(C(=O)[O-])C(SC2Cn3cnc[n+]3C2)[C@@H]1C. The van der Waals surface area contributed by atoms with E-state index in [0.717, 1.165) is 0 Å². The molecule has 0 saturated carbocycles. The first-order valence-electron chi connectivity index (χ1n) is 8.04. The lowest BCUT2D eigenvalue weighted by molar-refractivity contribution is -0.758. The number of hydrogen-bond donors (Lipinski definition) is 2. The Morgan fingerprint density at radius 1 is 1.52 bits per heavy atom. The van der Waals surface area contributed by atoms with Crippen molar-refractivity contribution in [2.75, 3.05) is 0 Å². The van der Waals surface area contributed by atoms with E-state index in [4.69, 9.17) is 0 Å². The molecule has 0 aromatic carbocycles. The van der Waals surface area contributed by atoms with Gasteiger partial charge in [-0.15, -0.1) is 11.8 Å². The Morgan fingerprint density at radius 2 is 2.24 bits per heavy atom. The lowest BCUT2D eigenvalue weighted by Crippen LogP contribution is -2.42. The van der Waals surface area contributed by atoms with Crippen LogP contribution in [0.3, 0.4) is 0 Å². The van der Waals surface area contributed by atoms with Gasteiger partial charge in [0.25, 0.3) is 0 Å². The highest BCUT2D eigenvalue weighted by Crippen LogP contribution is 2.38. The second kappa shape index (κ2) is 6.75. The zero-order valence-corrected chi connectivity index (χ0v) is 14.7. The summed E-state index contributed by atoms with van der Waals surface area (Å²) in [7, 11) is 0. The molecule has 2 aliphatic heterocycles. The molecule has 136 valence electrons. The number of thioether (sulfide) groups is 1. The number of aliphatic hydroxyl groups is 1. The van der Waals surface area contributed by atoms with E-state index in [9.17, 15) is 24.9 Å². The summed E-state index contributed by atoms with van der Waals surface area (Å²) in [5.41, 5.74) is -0.117. The highest BCUT2D eigenvalue weighted by molar-refractivity contribution is 8.01. The van der Waals surface area contributed by atoms with Crippen LogP contribution in [0.25, 0.3) is 0 Å². The van der Waals surface area contributed by atoms with Crippen molar-refractivity contribution in [1.82, 2.24) is 9.67 Å². The molecule has 0 amide bonds. The standard InChI is InChI=1S/C15H20N4O5S/c1-7-11(10(8(2)20)14(21)22)17-12(15(23)24)13(7)25-9-3-18-5-16-6-19(18)4-9/h5-11,13,20H,3-4H2,1-2H3,(H-,21,22,23,24)/t7-,8-,10-,11-,13?/m1/s1. The monoisotopic (exact) mass is 368 g/mol. The number of hydrogen-bond acceptors (Lipinski definition) is 7. The molecule has 0 radical (unpaired) electrons. The third-order valence-corrected chi connectivity index (χ3v) is 6.43. The quantitative estimate of drug-likeness (QED) is 0.552. The second-order valence-electron chi connectivity index (χ2n) is 6.56. The lowest BCUT2D eigenvalue weighted by Gasteiger charge is -2.27. The average molecular weight is 368 g/mol. The van der Waals surface area contributed by atoms with Gasteiger partial charge in [-0.3, -0.25) is 9.79 Å². The van der Waals surface area contributed by atoms with Crippen LogP contribution in [-0.4, -0.2) is 60.2 Å². The molecule has 2 aliphatic rings. The lowest BCUT2D eigenvalue weighted by atomic mass is 9.86. The number of carboxylic acids is 2. The Bertz CT molecular complexity index is 698. The molecule has 9 nitrogen and oxygen atoms in total. The van der Waals surface area contributed by atoms with Crippen LogP contribution < -0.4 is 9.79 Å². The van der Waals surface area contributed by atoms with Crippen LogP contribution >= 0.6 is 11.8 Å². The van der Waals surface area contributed by atoms with Crippen molar-refractivity contribution in [3.8, 4) is 0 Å². The van der Waals surface area contributed by atoms with E-state index in [1.807, 2.05) is 9.36 Å². The fourth-order valence-electron chi connectivity index (χ4n) is 3.57. The van der Waals surface area contributed by atoms with Gasteiger partial charge < -0.3 is 20.1 Å². The molecule has 3 heterocycles. The minimum atomic E-state index is -1.38. The molecule has 1 aromatic heterocycles. The highest BCUT2D eigenvalue weighted by Gasteiger charge is 2.46. The molecule has 0 aliphatic carbocycles. The zero-order valence-electron chi connectivity index (χ0n) is 13.8. The summed E-state index contributed by atoms with van der Waals surface area (Å²) in [6.07, 6.45) is 2.29. The zero-order chi connectivity index (χ0) is 18.3. The molecular formula is C15H20N4O5S. The summed E-state index contributed by atoms with van der Waals surface area (Å²) < 4.78 is 3.89. The summed E-state index contributed by atoms with van der Waals surface area (Å²) in [5.74, 6) is -4.05. The largest absolute Gasteiger partial charge is 0.543 e. The number of aromatic nitrogens is 3. The molecule has 10 heteroatoms. The smallest absolute Gasteiger partial charge is 0.311 e. The van der Waals surface area contributed by atoms with Crippen molar-refractivity contribution in [3.05, 3.63) is 12.7 Å². The molecule has 0 fully saturated rings. The Labute approximate surface area is 148 Å². The summed E-state index contributed by atoms with van der Waals surface area (Å²) in [6, 6.07) is -0.794. The Balaban J connectivity index is 1.79. The van der Waals surface area contributed by atoms with Gasteiger partial charge in [0.15, 0.2) is 0 Å². The van der Waals surface area contributed by atoms with Crippen molar-refractivity contribution >= 4 is 29.4 Å². The summed E-state index contributed by atoms with van der Waals surface area (Å²) in [4.78, 5) is 31.2. The fraction of sp³-hybridized carbons (Fsp3) is 0.667. The van der Waals surface area contributed by atoms with Crippen LogP contribution in [0.5, 0.6) is 0 Å². The first kappa shape index (κ1) is 17.9. The van der Waals surface area contributed by atoms with Gasteiger partial charge in [-0.25, -0.2) is 0 Å². The van der Waals surface area contributed by atoms with E-state index < -0.39 is 35.3 Å². The maximum absolute atomic E-state index is 11.5. The molecule has 3 rings (SSSR count). The van der Waals surface area contributed by atoms with Crippen LogP contribution in [0.2, 0.25) is 0 Å². The minimum Gasteiger partial charge on any atom is -0.543 e. The Kier molecular flexibility index (Phi) is 4.83. The average Bonchev–Trinajstić information content (AvgIpc) is 3.15. The maximum Gasteiger partial charge on any atom is 0.311 e. The predicted molar refractivity (Wildman–Crippen MR) is 85.8 cm³/mol. The summed E-state index contributed by atoms with van der Waals surface area (Å²) in [5, 5.41) is 30.4. The normalized spacial score (nSPS) is 30.6. The van der Waals surface area contributed by atoms with E-state index in [2.05, 4.69) is 9.98 Å². The van der Waals surface area contributed by atoms with E-state index in [0.29, 0.717) is 13.1 Å². The first-order chi connectivity index (χ1) is 11.8. The van der Waals surface area contributed by atoms with Gasteiger partial charge in [0, 0.05) is 0 Å². The number of carbonyl (C=O) groups excluding carboxylic acids is 1. The molecule has 5 atom stereocenters.